The van der Waals surface area contributed by atoms with Crippen LogP contribution in [-0.2, 0) is 167 Å². The van der Waals surface area contributed by atoms with E-state index in [1.807, 2.05) is 196 Å². The Bertz CT molecular complexity index is 5670. The smallest absolute Gasteiger partial charge is 0.338 e. The van der Waals surface area contributed by atoms with Crippen molar-refractivity contribution >= 4 is 35.7 Å². The summed E-state index contributed by atoms with van der Waals surface area (Å²) in [7, 11) is 0. The highest BCUT2D eigenvalue weighted by Crippen LogP contribution is 2.42. The third-order valence-corrected chi connectivity index (χ3v) is 25.1. The van der Waals surface area contributed by atoms with Gasteiger partial charge < -0.3 is 115 Å². The molecule has 4 aliphatic heterocycles. The Hall–Kier alpha value is -13.4. The highest BCUT2D eigenvalue weighted by molar-refractivity contribution is 5.91. The molecule has 2 N–H and O–H groups in total. The van der Waals surface area contributed by atoms with Crippen LogP contribution < -0.4 is 10.6 Å². The zero-order valence-electron chi connectivity index (χ0n) is 83.8. The van der Waals surface area contributed by atoms with Crippen molar-refractivity contribution in [2.45, 2.75) is 203 Å². The molecule has 0 saturated carbocycles. The first-order valence-corrected chi connectivity index (χ1v) is 50.2. The molecule has 0 radical (unpaired) electrons. The standard InChI is InChI=1S/C114H126N8O28/c1-77-97(135-67-81-35-15-5-16-36-81)103(137-69-83-39-19-7-20-40-83)105(139-71-85-43-23-9-24-44-85)113(143-77)149-99-93(75-141-109(125)87-47-27-11-28-48-87)145-107(95(115-79(3)123)101(99)147-111(127)89-51-31-13-32-52-89)121-65-91(117-119-121)73-133-63-61-131-59-57-129-55-56-130-58-60-132-62-64-134-74-92-66-122(120-118-92)108-96(116-80(4)124)102(148-112(128)90-53-33-14-34-54-90)100(94(146-108)76-142-110(126)88-49-29-12-30-50-88)150-114-106(140-72-86-45-25-10-26-46-86)104(138-70-84-41-21-8-22-42-84)98(78(2)144-114)136-68-82-37-17-6-18-38-82/h5-54,65-66,77-78,93-108,113-114H,55-64,67-76H2,1-4H3,(H,115,123)(H,116,124)/t77-,78-,93+,94+,95+,96+,97+,98+,99+,100+,101+,102+,103+,104+,105-,106-,107+,108+,113-,114-/m0/s1. The minimum atomic E-state index is -1.46. The molecule has 10 aromatic carbocycles. The van der Waals surface area contributed by atoms with Gasteiger partial charge in [0.25, 0.3) is 0 Å². The molecule has 12 aromatic rings. The van der Waals surface area contributed by atoms with E-state index in [0.29, 0.717) is 11.4 Å². The zero-order valence-corrected chi connectivity index (χ0v) is 83.8. The lowest BCUT2D eigenvalue weighted by Crippen LogP contribution is -2.67. The van der Waals surface area contributed by atoms with Crippen molar-refractivity contribution in [2.24, 2.45) is 0 Å². The van der Waals surface area contributed by atoms with Gasteiger partial charge in [0.1, 0.15) is 97.7 Å². The normalized spacial score (nSPS) is 23.6. The maximum Gasteiger partial charge on any atom is 0.338 e. The van der Waals surface area contributed by atoms with Gasteiger partial charge in [-0.05, 0) is 95.8 Å². The van der Waals surface area contributed by atoms with E-state index < -0.39 is 171 Å². The highest BCUT2D eigenvalue weighted by Gasteiger charge is 2.58. The number of amides is 2. The molecule has 36 nitrogen and oxygen atoms in total. The van der Waals surface area contributed by atoms with Gasteiger partial charge >= 0.3 is 23.9 Å². The molecule has 16 rings (SSSR count). The molecule has 6 heterocycles. The second-order valence-electron chi connectivity index (χ2n) is 36.1. The van der Waals surface area contributed by atoms with Gasteiger partial charge in [0.05, 0.1) is 166 Å². The number of hydrogen-bond acceptors (Lipinski definition) is 32. The summed E-state index contributed by atoms with van der Waals surface area (Å²) < 4.78 is 147. The Kier molecular flexibility index (Phi) is 41.9. The summed E-state index contributed by atoms with van der Waals surface area (Å²) in [6, 6.07) is 88.8. The first-order valence-electron chi connectivity index (χ1n) is 50.2. The zero-order chi connectivity index (χ0) is 104. The second kappa shape index (κ2) is 57.5. The number of carbonyl (C=O) groups is 6. The van der Waals surface area contributed by atoms with E-state index in [2.05, 4.69) is 31.3 Å². The number of hydrogen-bond donors (Lipinski definition) is 2. The minimum absolute atomic E-state index is 0.0348. The Morgan fingerprint density at radius 2 is 0.527 bits per heavy atom. The van der Waals surface area contributed by atoms with Gasteiger partial charge in [0.2, 0.25) is 11.8 Å². The lowest BCUT2D eigenvalue weighted by Gasteiger charge is -2.49. The average molecular weight is 2060 g/mol. The number of esters is 4. The molecule has 0 aliphatic carbocycles. The molecular formula is C114H126N8O28. The molecule has 0 unspecified atom stereocenters. The molecular weight excluding hydrogens is 1930 g/mol. The van der Waals surface area contributed by atoms with E-state index in [1.54, 1.807) is 134 Å². The fraction of sp³-hybridized carbons (Fsp3) is 0.386. The van der Waals surface area contributed by atoms with Gasteiger partial charge in [-0.2, -0.15) is 0 Å². The molecule has 20 atom stereocenters. The van der Waals surface area contributed by atoms with Crippen molar-refractivity contribution in [3.63, 3.8) is 0 Å². The molecule has 4 aliphatic rings. The first kappa shape index (κ1) is 109. The second-order valence-corrected chi connectivity index (χ2v) is 36.1. The molecule has 2 amide bonds. The molecule has 4 saturated heterocycles. The van der Waals surface area contributed by atoms with Crippen LogP contribution in [0.1, 0.15) is 126 Å². The van der Waals surface area contributed by atoms with Crippen LogP contribution in [0.15, 0.2) is 316 Å². The van der Waals surface area contributed by atoms with Crippen LogP contribution in [0.4, 0.5) is 0 Å². The van der Waals surface area contributed by atoms with Crippen LogP contribution in [0.5, 0.6) is 0 Å². The number of benzene rings is 10. The highest BCUT2D eigenvalue weighted by atomic mass is 16.8. The summed E-state index contributed by atoms with van der Waals surface area (Å²) in [5.41, 5.74) is 6.83. The van der Waals surface area contributed by atoms with Crippen LogP contribution in [0.3, 0.4) is 0 Å². The van der Waals surface area contributed by atoms with Crippen molar-refractivity contribution < 1.29 is 133 Å². The number of rotatable bonds is 55. The summed E-state index contributed by atoms with van der Waals surface area (Å²) in [6.07, 6.45) is -17.5. The van der Waals surface area contributed by atoms with Gasteiger partial charge in [0.15, 0.2) is 37.2 Å². The predicted molar refractivity (Wildman–Crippen MR) is 539 cm³/mol. The molecule has 4 fully saturated rings. The summed E-state index contributed by atoms with van der Waals surface area (Å²) in [5, 5.41) is 23.8. The van der Waals surface area contributed by atoms with Crippen LogP contribution >= 0.6 is 0 Å². The quantitative estimate of drug-likeness (QED) is 0.0203. The van der Waals surface area contributed by atoms with Crippen molar-refractivity contribution in [3.05, 3.63) is 383 Å². The topological polar surface area (TPSA) is 391 Å². The third kappa shape index (κ3) is 32.1. The largest absolute Gasteiger partial charge is 0.459 e. The number of carbonyl (C=O) groups excluding carboxylic acids is 6. The maximum absolute atomic E-state index is 14.7. The fourth-order valence-corrected chi connectivity index (χ4v) is 17.7. The molecule has 790 valence electrons. The van der Waals surface area contributed by atoms with Gasteiger partial charge in [-0.15, -0.1) is 10.2 Å². The number of aromatic nitrogens is 6. The van der Waals surface area contributed by atoms with E-state index in [4.69, 9.17) is 104 Å². The first-order chi connectivity index (χ1) is 73.6. The van der Waals surface area contributed by atoms with Crippen LogP contribution in [0.25, 0.3) is 0 Å². The fourth-order valence-electron chi connectivity index (χ4n) is 17.7. The Morgan fingerprint density at radius 1 is 0.280 bits per heavy atom. The Labute approximate surface area is 869 Å². The van der Waals surface area contributed by atoms with Crippen LogP contribution in [0.2, 0.25) is 0 Å². The van der Waals surface area contributed by atoms with Gasteiger partial charge in [0, 0.05) is 13.8 Å². The van der Waals surface area contributed by atoms with Crippen LogP contribution in [0, 0.1) is 0 Å². The Morgan fingerprint density at radius 3 is 0.800 bits per heavy atom. The summed E-state index contributed by atoms with van der Waals surface area (Å²) in [4.78, 5) is 85.0. The van der Waals surface area contributed by atoms with Crippen molar-refractivity contribution in [1.29, 1.82) is 0 Å². The Balaban J connectivity index is 0.518. The summed E-state index contributed by atoms with van der Waals surface area (Å²) in [5.74, 6) is -3.99. The number of nitrogens with one attached hydrogen (secondary N) is 2. The lowest BCUT2D eigenvalue weighted by molar-refractivity contribution is -0.350. The average Bonchev–Trinajstić information content (AvgIpc) is 1.21. The van der Waals surface area contributed by atoms with Gasteiger partial charge in [-0.25, -0.2) is 28.5 Å². The van der Waals surface area contributed by atoms with E-state index >= 15 is 0 Å². The molecule has 0 bridgehead atoms. The number of ether oxygens (including phenoxy) is 22. The van der Waals surface area contributed by atoms with Gasteiger partial charge in [-0.1, -0.05) is 265 Å². The summed E-state index contributed by atoms with van der Waals surface area (Å²) >= 11 is 0. The van der Waals surface area contributed by atoms with E-state index in [0.717, 1.165) is 33.4 Å². The summed E-state index contributed by atoms with van der Waals surface area (Å²) in [6.45, 7) is 8.40. The van der Waals surface area contributed by atoms with E-state index in [1.165, 1.54) is 23.2 Å². The third-order valence-electron chi connectivity index (χ3n) is 25.1. The number of nitrogens with zero attached hydrogens (tertiary/aromatic N) is 6. The van der Waals surface area contributed by atoms with E-state index in [9.17, 15) is 28.8 Å². The lowest BCUT2D eigenvalue weighted by atomic mass is 9.94. The SMILES string of the molecule is CC(=O)N[C@@H]1[C@@H](OC(=O)c2ccccc2)[C@H](O[C@@H]2O[C@@H](C)[C@@H](OCc3ccccc3)[C@@H](OCc3ccccc3)[C@@H]2OCc2ccccc2)[C@@H](COC(=O)c2ccccc2)O[C@H]1n1cc(COCCOCCOCCOCCOCCOCc2cn([C@@H]3O[C@H](COC(=O)c4ccccc4)[C@@H](O[C@@H]4O[C@@H](C)[C@@H](OCc5ccccc5)[C@@H](OCc5ccccc5)[C@@H]4OCc4ccccc4)[C@H](OC(=O)c4ccccc4)[C@H]3NC(C)=O)nn2)nn1. The predicted octanol–water partition coefficient (Wildman–Crippen LogP) is 13.4. The van der Waals surface area contributed by atoms with Crippen molar-refractivity contribution in [3.8, 4) is 0 Å². The minimum Gasteiger partial charge on any atom is -0.459 e. The van der Waals surface area contributed by atoms with Crippen LogP contribution in [-0.4, -0.2) is 255 Å². The van der Waals surface area contributed by atoms with Gasteiger partial charge in [-0.3, -0.25) is 9.59 Å². The molecule has 2 aromatic heterocycles. The molecule has 0 spiro atoms. The maximum atomic E-state index is 14.7. The monoisotopic (exact) mass is 2050 g/mol. The van der Waals surface area contributed by atoms with Crippen molar-refractivity contribution in [2.75, 3.05) is 79.3 Å². The molecule has 36 heteroatoms. The van der Waals surface area contributed by atoms with E-state index in [-0.39, 0.29) is 141 Å². The molecule has 150 heavy (non-hydrogen) atoms. The van der Waals surface area contributed by atoms with Crippen molar-refractivity contribution in [1.82, 2.24) is 40.6 Å².